The summed E-state index contributed by atoms with van der Waals surface area (Å²) in [7, 11) is 1.92. The molecule has 2 aromatic rings. The average Bonchev–Trinajstić information content (AvgIpc) is 3.33. The molecule has 0 bridgehead atoms. The van der Waals surface area contributed by atoms with Gasteiger partial charge >= 0.3 is 0 Å². The van der Waals surface area contributed by atoms with Crippen molar-refractivity contribution >= 4 is 11.8 Å². The summed E-state index contributed by atoms with van der Waals surface area (Å²) >= 11 is 0. The fourth-order valence-corrected chi connectivity index (χ4v) is 9.19. The SMILES string of the molecule is CN1C(=O)C(C(=O)NC(C)(c2ccccc2)c2ccccc2)=C[C@@]2(C)C1CC[C@@H]1[C@H]2CC[C@]2(C)CCC[C@@H]12. The lowest BCUT2D eigenvalue weighted by Crippen LogP contribution is -2.61. The van der Waals surface area contributed by atoms with Crippen molar-refractivity contribution in [3.05, 3.63) is 83.4 Å². The topological polar surface area (TPSA) is 49.4 Å². The standard InChI is InChI=1S/C34H42N2O2/c1-32-20-11-16-27(32)25-17-18-29-33(2,28(25)19-21-32)22-26(31(38)36(29)4)30(37)35-34(3,23-12-7-5-8-13-23)24-14-9-6-10-15-24/h5-10,12-15,22,25,27-29H,11,16-21H2,1-4H3,(H,35,37)/t25-,27-,28+,29?,32-,33+/m0/s1. The maximum absolute atomic E-state index is 14.1. The summed E-state index contributed by atoms with van der Waals surface area (Å²) in [6, 6.07) is 20.3. The van der Waals surface area contributed by atoms with Gasteiger partial charge in [0.15, 0.2) is 0 Å². The highest BCUT2D eigenvalue weighted by Gasteiger charge is 2.59. The predicted molar refractivity (Wildman–Crippen MR) is 151 cm³/mol. The van der Waals surface area contributed by atoms with Gasteiger partial charge in [-0.2, -0.15) is 0 Å². The molecule has 4 heteroatoms. The minimum absolute atomic E-state index is 0.145. The normalized spacial score (nSPS) is 34.6. The first-order chi connectivity index (χ1) is 18.2. The van der Waals surface area contributed by atoms with Gasteiger partial charge in [0.1, 0.15) is 5.57 Å². The smallest absolute Gasteiger partial charge is 0.259 e. The molecule has 0 spiro atoms. The van der Waals surface area contributed by atoms with Gasteiger partial charge in [-0.25, -0.2) is 0 Å². The minimum Gasteiger partial charge on any atom is -0.339 e. The van der Waals surface area contributed by atoms with Crippen molar-refractivity contribution in [3.63, 3.8) is 0 Å². The van der Waals surface area contributed by atoms with E-state index >= 15 is 0 Å². The summed E-state index contributed by atoms with van der Waals surface area (Å²) in [4.78, 5) is 29.7. The van der Waals surface area contributed by atoms with Crippen LogP contribution in [0.25, 0.3) is 0 Å². The van der Waals surface area contributed by atoms with Gasteiger partial charge in [0, 0.05) is 18.5 Å². The van der Waals surface area contributed by atoms with Gasteiger partial charge in [0.25, 0.3) is 11.8 Å². The molecule has 3 fully saturated rings. The van der Waals surface area contributed by atoms with Crippen LogP contribution < -0.4 is 5.32 Å². The summed E-state index contributed by atoms with van der Waals surface area (Å²) in [5.74, 6) is 1.57. The summed E-state index contributed by atoms with van der Waals surface area (Å²) in [6.07, 6.45) is 10.9. The van der Waals surface area contributed by atoms with Crippen molar-refractivity contribution in [1.82, 2.24) is 10.2 Å². The van der Waals surface area contributed by atoms with Crippen molar-refractivity contribution in [2.45, 2.75) is 77.3 Å². The van der Waals surface area contributed by atoms with E-state index in [0.29, 0.717) is 22.8 Å². The molecule has 3 saturated carbocycles. The number of carbonyl (C=O) groups is 2. The molecule has 0 saturated heterocycles. The number of hydrogen-bond donors (Lipinski definition) is 1. The third-order valence-electron chi connectivity index (χ3n) is 11.3. The molecule has 0 aromatic heterocycles. The molecule has 0 radical (unpaired) electrons. The number of carbonyl (C=O) groups excluding carboxylic acids is 2. The van der Waals surface area contributed by atoms with Crippen molar-refractivity contribution in [3.8, 4) is 0 Å². The van der Waals surface area contributed by atoms with E-state index in [4.69, 9.17) is 0 Å². The highest BCUT2D eigenvalue weighted by Crippen LogP contribution is 2.64. The Kier molecular flexibility index (Phi) is 6.09. The highest BCUT2D eigenvalue weighted by molar-refractivity contribution is 6.19. The fourth-order valence-electron chi connectivity index (χ4n) is 9.19. The van der Waals surface area contributed by atoms with Crippen molar-refractivity contribution in [2.24, 2.45) is 28.6 Å². The van der Waals surface area contributed by atoms with E-state index in [1.807, 2.05) is 79.5 Å². The average molecular weight is 511 g/mol. The molecular weight excluding hydrogens is 468 g/mol. The van der Waals surface area contributed by atoms with E-state index in [2.05, 4.69) is 25.2 Å². The van der Waals surface area contributed by atoms with Crippen molar-refractivity contribution < 1.29 is 9.59 Å². The zero-order valence-electron chi connectivity index (χ0n) is 23.4. The first-order valence-electron chi connectivity index (χ1n) is 14.6. The lowest BCUT2D eigenvalue weighted by Gasteiger charge is -2.60. The third-order valence-corrected chi connectivity index (χ3v) is 11.3. The molecule has 1 aliphatic heterocycles. The molecule has 2 aromatic carbocycles. The largest absolute Gasteiger partial charge is 0.339 e. The molecule has 38 heavy (non-hydrogen) atoms. The van der Waals surface area contributed by atoms with Gasteiger partial charge in [0.05, 0.1) is 5.54 Å². The number of rotatable bonds is 4. The predicted octanol–water partition coefficient (Wildman–Crippen LogP) is 6.47. The Morgan fingerprint density at radius 1 is 0.895 bits per heavy atom. The molecule has 200 valence electrons. The summed E-state index contributed by atoms with van der Waals surface area (Å²) < 4.78 is 0. The molecule has 1 heterocycles. The monoisotopic (exact) mass is 510 g/mol. The van der Waals surface area contributed by atoms with Gasteiger partial charge in [0.2, 0.25) is 0 Å². The van der Waals surface area contributed by atoms with Crippen LogP contribution in [0.4, 0.5) is 0 Å². The van der Waals surface area contributed by atoms with Crippen LogP contribution >= 0.6 is 0 Å². The fraction of sp³-hybridized carbons (Fsp3) is 0.529. The van der Waals surface area contributed by atoms with Crippen molar-refractivity contribution in [2.75, 3.05) is 7.05 Å². The van der Waals surface area contributed by atoms with Crippen LogP contribution in [0.3, 0.4) is 0 Å². The van der Waals surface area contributed by atoms with Gasteiger partial charge in [-0.05, 0) is 79.7 Å². The van der Waals surface area contributed by atoms with Crippen LogP contribution in [-0.2, 0) is 15.1 Å². The molecule has 3 aliphatic carbocycles. The number of nitrogens with zero attached hydrogens (tertiary/aromatic N) is 1. The molecular formula is C34H42N2O2. The lowest BCUT2D eigenvalue weighted by atomic mass is 9.48. The van der Waals surface area contributed by atoms with E-state index in [1.165, 1.54) is 38.5 Å². The summed E-state index contributed by atoms with van der Waals surface area (Å²) in [5.41, 5.74) is 1.83. The molecule has 2 amide bonds. The second-order valence-corrected chi connectivity index (χ2v) is 13.2. The van der Waals surface area contributed by atoms with Crippen LogP contribution in [0.2, 0.25) is 0 Å². The second-order valence-electron chi connectivity index (χ2n) is 13.2. The van der Waals surface area contributed by atoms with Crippen LogP contribution in [0, 0.1) is 28.6 Å². The molecule has 6 atom stereocenters. The number of benzene rings is 2. The van der Waals surface area contributed by atoms with E-state index in [-0.39, 0.29) is 23.3 Å². The van der Waals surface area contributed by atoms with Gasteiger partial charge < -0.3 is 10.2 Å². The zero-order valence-corrected chi connectivity index (χ0v) is 23.4. The van der Waals surface area contributed by atoms with Gasteiger partial charge in [-0.1, -0.05) is 87.0 Å². The number of nitrogens with one attached hydrogen (secondary N) is 1. The van der Waals surface area contributed by atoms with Gasteiger partial charge in [-0.3, -0.25) is 9.59 Å². The summed E-state index contributed by atoms with van der Waals surface area (Å²) in [6.45, 7) is 6.90. The number of amides is 2. The van der Waals surface area contributed by atoms with Crippen LogP contribution in [0.1, 0.15) is 76.8 Å². The van der Waals surface area contributed by atoms with Crippen LogP contribution in [0.15, 0.2) is 72.3 Å². The molecule has 1 unspecified atom stereocenters. The van der Waals surface area contributed by atoms with E-state index < -0.39 is 5.54 Å². The Morgan fingerprint density at radius 2 is 1.53 bits per heavy atom. The number of fused-ring (bicyclic) bond motifs is 5. The Morgan fingerprint density at radius 3 is 2.16 bits per heavy atom. The maximum atomic E-state index is 14.1. The number of likely N-dealkylation sites (N-methyl/N-ethyl adjacent to an activating group) is 1. The van der Waals surface area contributed by atoms with Crippen molar-refractivity contribution in [1.29, 1.82) is 0 Å². The first kappa shape index (κ1) is 25.4. The van der Waals surface area contributed by atoms with E-state index in [9.17, 15) is 9.59 Å². The van der Waals surface area contributed by atoms with Crippen LogP contribution in [0.5, 0.6) is 0 Å². The van der Waals surface area contributed by atoms with E-state index in [0.717, 1.165) is 23.5 Å². The van der Waals surface area contributed by atoms with Crippen LogP contribution in [-0.4, -0.2) is 29.8 Å². The second kappa shape index (κ2) is 9.10. The molecule has 6 rings (SSSR count). The zero-order chi connectivity index (χ0) is 26.7. The van der Waals surface area contributed by atoms with Gasteiger partial charge in [-0.15, -0.1) is 0 Å². The number of hydrogen-bond acceptors (Lipinski definition) is 2. The third kappa shape index (κ3) is 3.78. The Hall–Kier alpha value is -2.88. The Labute approximate surface area is 227 Å². The molecule has 4 aliphatic rings. The Bertz CT molecular complexity index is 1210. The molecule has 4 nitrogen and oxygen atoms in total. The lowest BCUT2D eigenvalue weighted by molar-refractivity contribution is -0.142. The maximum Gasteiger partial charge on any atom is 0.259 e. The first-order valence-corrected chi connectivity index (χ1v) is 14.6. The summed E-state index contributed by atoms with van der Waals surface area (Å²) in [5, 5.41) is 3.32. The molecule has 1 N–H and O–H groups in total. The highest BCUT2D eigenvalue weighted by atomic mass is 16.2. The quantitative estimate of drug-likeness (QED) is 0.480. The van der Waals surface area contributed by atoms with E-state index in [1.54, 1.807) is 0 Å². The Balaban J connectivity index is 1.37. The minimum atomic E-state index is -0.761.